The zero-order valence-electron chi connectivity index (χ0n) is 10.5. The fourth-order valence-corrected chi connectivity index (χ4v) is 1.83. The highest BCUT2D eigenvalue weighted by molar-refractivity contribution is 5.91. The van der Waals surface area contributed by atoms with Gasteiger partial charge in [0, 0.05) is 0 Å². The highest BCUT2D eigenvalue weighted by atomic mass is 16.5. The normalized spacial score (nSPS) is 10.6. The molecule has 0 aliphatic rings. The van der Waals surface area contributed by atoms with Gasteiger partial charge in [0.25, 0.3) is 0 Å². The molecule has 2 aromatic rings. The van der Waals surface area contributed by atoms with Crippen molar-refractivity contribution in [2.24, 2.45) is 0 Å². The summed E-state index contributed by atoms with van der Waals surface area (Å²) in [6, 6.07) is 0. The van der Waals surface area contributed by atoms with Crippen LogP contribution in [-0.2, 0) is 11.4 Å². The molecule has 0 radical (unpaired) electrons. The Labute approximate surface area is 104 Å². The summed E-state index contributed by atoms with van der Waals surface area (Å²) < 4.78 is 8.07. The zero-order chi connectivity index (χ0) is 13.3. The van der Waals surface area contributed by atoms with Gasteiger partial charge >= 0.3 is 5.97 Å². The van der Waals surface area contributed by atoms with E-state index in [9.17, 15) is 4.79 Å². The summed E-state index contributed by atoms with van der Waals surface area (Å²) in [5, 5.41) is 8.37. The van der Waals surface area contributed by atoms with E-state index >= 15 is 0 Å². The minimum Gasteiger partial charge on any atom is -0.465 e. The summed E-state index contributed by atoms with van der Waals surface area (Å²) in [5.41, 5.74) is 8.06. The first-order chi connectivity index (χ1) is 8.52. The standard InChI is InChI=1S/C11H15N5O2/c1-7-10(11(17)18-3)8(2)16(14-7)6-15-5-9(12)4-13-15/h4-5H,6,12H2,1-3H3. The lowest BCUT2D eigenvalue weighted by Crippen LogP contribution is -2.12. The number of rotatable bonds is 3. The van der Waals surface area contributed by atoms with Crippen LogP contribution in [0.2, 0.25) is 0 Å². The maximum atomic E-state index is 11.6. The van der Waals surface area contributed by atoms with Gasteiger partial charge in [0.05, 0.1) is 36.6 Å². The van der Waals surface area contributed by atoms with Crippen molar-refractivity contribution in [1.29, 1.82) is 0 Å². The van der Waals surface area contributed by atoms with Crippen LogP contribution in [0.5, 0.6) is 0 Å². The predicted octanol–water partition coefficient (Wildman–Crippen LogP) is 0.571. The molecule has 0 amide bonds. The fraction of sp³-hybridized carbons (Fsp3) is 0.364. The minimum atomic E-state index is -0.378. The highest BCUT2D eigenvalue weighted by Gasteiger charge is 2.19. The van der Waals surface area contributed by atoms with E-state index in [1.807, 2.05) is 6.92 Å². The van der Waals surface area contributed by atoms with E-state index in [0.29, 0.717) is 23.6 Å². The second-order valence-electron chi connectivity index (χ2n) is 3.99. The van der Waals surface area contributed by atoms with Crippen LogP contribution in [0.4, 0.5) is 5.69 Å². The fourth-order valence-electron chi connectivity index (χ4n) is 1.83. The third kappa shape index (κ3) is 2.06. The van der Waals surface area contributed by atoms with Crippen molar-refractivity contribution in [1.82, 2.24) is 19.6 Å². The topological polar surface area (TPSA) is 88.0 Å². The van der Waals surface area contributed by atoms with Crippen LogP contribution >= 0.6 is 0 Å². The van der Waals surface area contributed by atoms with Gasteiger partial charge in [-0.3, -0.25) is 0 Å². The Bertz CT molecular complexity index is 584. The largest absolute Gasteiger partial charge is 0.465 e. The molecule has 96 valence electrons. The maximum absolute atomic E-state index is 11.6. The van der Waals surface area contributed by atoms with Crippen molar-refractivity contribution in [2.75, 3.05) is 12.8 Å². The number of aryl methyl sites for hydroxylation is 1. The molecule has 0 aromatic carbocycles. The number of ether oxygens (including phenoxy) is 1. The number of aromatic nitrogens is 4. The molecule has 0 fully saturated rings. The van der Waals surface area contributed by atoms with E-state index in [1.54, 1.807) is 28.7 Å². The molecular weight excluding hydrogens is 234 g/mol. The summed E-state index contributed by atoms with van der Waals surface area (Å²) in [6.45, 7) is 3.99. The lowest BCUT2D eigenvalue weighted by Gasteiger charge is -2.04. The van der Waals surface area contributed by atoms with Crippen molar-refractivity contribution in [3.8, 4) is 0 Å². The summed E-state index contributed by atoms with van der Waals surface area (Å²) in [4.78, 5) is 11.6. The highest BCUT2D eigenvalue weighted by Crippen LogP contribution is 2.14. The van der Waals surface area contributed by atoms with Gasteiger partial charge in [0.15, 0.2) is 0 Å². The van der Waals surface area contributed by atoms with Crippen molar-refractivity contribution < 1.29 is 9.53 Å². The minimum absolute atomic E-state index is 0.378. The molecule has 0 saturated carbocycles. The quantitative estimate of drug-likeness (QED) is 0.803. The van der Waals surface area contributed by atoms with Crippen LogP contribution < -0.4 is 5.73 Å². The number of nitrogens with two attached hydrogens (primary N) is 1. The molecule has 0 bridgehead atoms. The van der Waals surface area contributed by atoms with Gasteiger partial charge in [0.1, 0.15) is 12.2 Å². The van der Waals surface area contributed by atoms with Gasteiger partial charge < -0.3 is 10.5 Å². The first-order valence-electron chi connectivity index (χ1n) is 5.43. The molecule has 2 N–H and O–H groups in total. The second-order valence-corrected chi connectivity index (χ2v) is 3.99. The number of hydrogen-bond acceptors (Lipinski definition) is 5. The molecular formula is C11H15N5O2. The van der Waals surface area contributed by atoms with Crippen molar-refractivity contribution >= 4 is 11.7 Å². The lowest BCUT2D eigenvalue weighted by molar-refractivity contribution is 0.0599. The number of nitrogens with zero attached hydrogens (tertiary/aromatic N) is 4. The van der Waals surface area contributed by atoms with Crippen LogP contribution in [0, 0.1) is 13.8 Å². The smallest absolute Gasteiger partial charge is 0.341 e. The molecule has 7 nitrogen and oxygen atoms in total. The van der Waals surface area contributed by atoms with E-state index < -0.39 is 0 Å². The average molecular weight is 249 g/mol. The number of nitrogen functional groups attached to an aromatic ring is 1. The predicted molar refractivity (Wildman–Crippen MR) is 65.1 cm³/mol. The molecule has 18 heavy (non-hydrogen) atoms. The van der Waals surface area contributed by atoms with Gasteiger partial charge in [-0.05, 0) is 13.8 Å². The number of anilines is 1. The summed E-state index contributed by atoms with van der Waals surface area (Å²) in [7, 11) is 1.35. The molecule has 0 unspecified atom stereocenters. The van der Waals surface area contributed by atoms with E-state index in [-0.39, 0.29) is 5.97 Å². The molecule has 0 spiro atoms. The molecule has 0 aliphatic carbocycles. The van der Waals surface area contributed by atoms with Gasteiger partial charge in [-0.15, -0.1) is 0 Å². The SMILES string of the molecule is COC(=O)c1c(C)nn(Cn2cc(N)cn2)c1C. The molecule has 2 aromatic heterocycles. The number of methoxy groups -OCH3 is 1. The Morgan fingerprint density at radius 3 is 2.78 bits per heavy atom. The van der Waals surface area contributed by atoms with E-state index in [4.69, 9.17) is 10.5 Å². The molecule has 2 heterocycles. The molecule has 0 aliphatic heterocycles. The van der Waals surface area contributed by atoms with E-state index in [0.717, 1.165) is 5.69 Å². The Hall–Kier alpha value is -2.31. The summed E-state index contributed by atoms with van der Waals surface area (Å²) in [6.07, 6.45) is 3.27. The lowest BCUT2D eigenvalue weighted by atomic mass is 10.2. The monoisotopic (exact) mass is 249 g/mol. The van der Waals surface area contributed by atoms with Crippen molar-refractivity contribution in [3.63, 3.8) is 0 Å². The first kappa shape index (κ1) is 12.2. The molecule has 0 atom stereocenters. The van der Waals surface area contributed by atoms with Crippen LogP contribution in [0.15, 0.2) is 12.4 Å². The van der Waals surface area contributed by atoms with Gasteiger partial charge in [-0.1, -0.05) is 0 Å². The average Bonchev–Trinajstić information content (AvgIpc) is 2.84. The number of hydrogen-bond donors (Lipinski definition) is 1. The van der Waals surface area contributed by atoms with Crippen molar-refractivity contribution in [3.05, 3.63) is 29.3 Å². The number of carbonyl (C=O) groups is 1. The Morgan fingerprint density at radius 2 is 2.22 bits per heavy atom. The Kier molecular flexibility index (Phi) is 3.05. The van der Waals surface area contributed by atoms with Crippen LogP contribution in [0.25, 0.3) is 0 Å². The van der Waals surface area contributed by atoms with Crippen LogP contribution in [0.3, 0.4) is 0 Å². The third-order valence-electron chi connectivity index (χ3n) is 2.70. The van der Waals surface area contributed by atoms with Crippen LogP contribution in [0.1, 0.15) is 21.7 Å². The Morgan fingerprint density at radius 1 is 1.50 bits per heavy atom. The van der Waals surface area contributed by atoms with Crippen LogP contribution in [-0.4, -0.2) is 32.6 Å². The zero-order valence-corrected chi connectivity index (χ0v) is 10.5. The molecule has 2 rings (SSSR count). The van der Waals surface area contributed by atoms with Crippen molar-refractivity contribution in [2.45, 2.75) is 20.5 Å². The first-order valence-corrected chi connectivity index (χ1v) is 5.43. The van der Waals surface area contributed by atoms with Gasteiger partial charge in [-0.2, -0.15) is 10.2 Å². The van der Waals surface area contributed by atoms with E-state index in [1.165, 1.54) is 7.11 Å². The molecule has 0 saturated heterocycles. The Balaban J connectivity index is 2.32. The van der Waals surface area contributed by atoms with Gasteiger partial charge in [-0.25, -0.2) is 14.2 Å². The second kappa shape index (κ2) is 4.52. The summed E-state index contributed by atoms with van der Waals surface area (Å²) in [5.74, 6) is -0.378. The number of carbonyl (C=O) groups excluding carboxylic acids is 1. The molecule has 7 heteroatoms. The maximum Gasteiger partial charge on any atom is 0.341 e. The third-order valence-corrected chi connectivity index (χ3v) is 2.70. The van der Waals surface area contributed by atoms with Gasteiger partial charge in [0.2, 0.25) is 0 Å². The summed E-state index contributed by atoms with van der Waals surface area (Å²) >= 11 is 0. The number of esters is 1. The van der Waals surface area contributed by atoms with E-state index in [2.05, 4.69) is 10.2 Å².